The second kappa shape index (κ2) is 16.3. The molecular formula is C54H82N2O7. The van der Waals surface area contributed by atoms with Gasteiger partial charge in [0, 0.05) is 56.3 Å². The number of hydrogen-bond donors (Lipinski definition) is 1. The summed E-state index contributed by atoms with van der Waals surface area (Å²) in [6, 6.07) is 0. The van der Waals surface area contributed by atoms with Gasteiger partial charge in [0.1, 0.15) is 23.4 Å². The summed E-state index contributed by atoms with van der Waals surface area (Å²) in [5.41, 5.74) is -1.19. The number of hydrogen-bond acceptors (Lipinski definition) is 9. The molecule has 0 amide bonds. The SMILES string of the molecule is C/C=C/CC1CCC2C3CC[C@@]4(O)CC(OC(=O)CN5CCN(CC(=O)OC6CCC7(C)[C@@H]8CCC9(C)C(C/C=C/C)CCC9[C@]89C=C[C@@]7(C6)OO9)CC5)CCC4(C)C3CCC12C. The molecule has 2 spiro atoms. The number of allylic oxidation sites excluding steroid dienone is 4. The Kier molecular flexibility index (Phi) is 11.6. The standard InChI is InChI=1S/C54H82N2O7/c1-7-9-11-37-13-15-42-41-19-26-52(59)33-39(17-24-50(52,5)43(41)20-22-48(37,42)3)60-46(57)35-55-29-31-56(32-30-55)36-47(58)61-40-18-25-51(6)45-21-23-49(4)38(12-10-8-2)14-16-44(49)54(45)28-27-53(51,34-40)62-63-54/h7-10,27-28,37-45,59H,11-26,29-36H2,1-6H3/b9-7+,10-8+/t37?,38?,39?,40?,41?,42?,43?,44?,45-,48?,49?,50?,51?,52+,53-,54+/m0/s1. The Balaban J connectivity index is 0.676. The maximum Gasteiger partial charge on any atom is 0.320 e. The average molecular weight is 871 g/mol. The van der Waals surface area contributed by atoms with E-state index < -0.39 is 11.2 Å². The Morgan fingerprint density at radius 1 is 0.635 bits per heavy atom. The van der Waals surface area contributed by atoms with Gasteiger partial charge in [-0.05, 0) is 168 Å². The highest BCUT2D eigenvalue weighted by atomic mass is 17.2. The van der Waals surface area contributed by atoms with Crippen molar-refractivity contribution in [2.45, 2.75) is 186 Å². The number of fused-ring (bicyclic) bond motifs is 7. The van der Waals surface area contributed by atoms with E-state index in [1.165, 1.54) is 51.4 Å². The van der Waals surface area contributed by atoms with Crippen LogP contribution in [0, 0.1) is 63.1 Å². The fourth-order valence-electron chi connectivity index (χ4n) is 18.0. The fraction of sp³-hybridized carbons (Fsp3) is 0.852. The largest absolute Gasteiger partial charge is 0.461 e. The molecule has 9 fully saturated rings. The Labute approximate surface area is 379 Å². The molecule has 350 valence electrons. The van der Waals surface area contributed by atoms with Gasteiger partial charge in [0.25, 0.3) is 0 Å². The summed E-state index contributed by atoms with van der Waals surface area (Å²) in [4.78, 5) is 44.4. The minimum atomic E-state index is -0.773. The normalized spacial score (nSPS) is 50.4. The highest BCUT2D eigenvalue weighted by molar-refractivity contribution is 5.72. The van der Waals surface area contributed by atoms with Gasteiger partial charge in [-0.25, -0.2) is 9.78 Å². The van der Waals surface area contributed by atoms with Gasteiger partial charge in [-0.1, -0.05) is 58.1 Å². The van der Waals surface area contributed by atoms with E-state index in [0.717, 1.165) is 63.2 Å². The van der Waals surface area contributed by atoms with E-state index in [9.17, 15) is 14.7 Å². The van der Waals surface area contributed by atoms with Gasteiger partial charge in [-0.3, -0.25) is 19.4 Å². The number of carbonyl (C=O) groups is 2. The summed E-state index contributed by atoms with van der Waals surface area (Å²) in [5, 5.41) is 12.4. The van der Waals surface area contributed by atoms with E-state index in [1.54, 1.807) is 0 Å². The van der Waals surface area contributed by atoms with Crippen LogP contribution in [0.3, 0.4) is 0 Å². The van der Waals surface area contributed by atoms with Crippen molar-refractivity contribution in [1.82, 2.24) is 9.80 Å². The summed E-state index contributed by atoms with van der Waals surface area (Å²) in [5.74, 6) is 4.01. The van der Waals surface area contributed by atoms with Crippen molar-refractivity contribution >= 4 is 11.9 Å². The minimum absolute atomic E-state index is 0.0524. The highest BCUT2D eigenvalue weighted by Crippen LogP contribution is 2.73. The number of carbonyl (C=O) groups excluding carboxylic acids is 2. The Bertz CT molecular complexity index is 1840. The molecule has 0 aromatic heterocycles. The summed E-state index contributed by atoms with van der Waals surface area (Å²) in [7, 11) is 0. The van der Waals surface area contributed by atoms with Crippen molar-refractivity contribution in [2.75, 3.05) is 39.3 Å². The van der Waals surface area contributed by atoms with Crippen LogP contribution in [0.5, 0.6) is 0 Å². The molecular weight excluding hydrogens is 789 g/mol. The van der Waals surface area contributed by atoms with E-state index in [-0.39, 0.29) is 59.1 Å². The number of esters is 2. The molecule has 3 heterocycles. The first-order valence-electron chi connectivity index (χ1n) is 26.0. The van der Waals surface area contributed by atoms with Gasteiger partial charge in [-0.2, -0.15) is 0 Å². The van der Waals surface area contributed by atoms with Gasteiger partial charge in [0.05, 0.1) is 18.7 Å². The van der Waals surface area contributed by atoms with E-state index in [4.69, 9.17) is 19.2 Å². The number of ether oxygens (including phenoxy) is 2. The lowest BCUT2D eigenvalue weighted by Gasteiger charge is -2.69. The third-order valence-electron chi connectivity index (χ3n) is 21.8. The van der Waals surface area contributed by atoms with Crippen molar-refractivity contribution in [1.29, 1.82) is 0 Å². The Hall–Kier alpha value is -2.04. The van der Waals surface area contributed by atoms with Crippen LogP contribution in [0.2, 0.25) is 0 Å². The van der Waals surface area contributed by atoms with E-state index in [2.05, 4.69) is 87.8 Å². The third kappa shape index (κ3) is 6.97. The van der Waals surface area contributed by atoms with Gasteiger partial charge >= 0.3 is 11.9 Å². The summed E-state index contributed by atoms with van der Waals surface area (Å²) >= 11 is 0. The monoisotopic (exact) mass is 871 g/mol. The predicted octanol–water partition coefficient (Wildman–Crippen LogP) is 9.78. The summed E-state index contributed by atoms with van der Waals surface area (Å²) in [6.07, 6.45) is 32.6. The van der Waals surface area contributed by atoms with Crippen molar-refractivity contribution in [3.63, 3.8) is 0 Å². The highest BCUT2D eigenvalue weighted by Gasteiger charge is 2.74. The zero-order chi connectivity index (χ0) is 44.0. The first-order valence-corrected chi connectivity index (χ1v) is 26.0. The minimum Gasteiger partial charge on any atom is -0.461 e. The molecule has 16 atom stereocenters. The van der Waals surface area contributed by atoms with Crippen LogP contribution in [0.1, 0.15) is 157 Å². The van der Waals surface area contributed by atoms with E-state index >= 15 is 0 Å². The molecule has 0 aromatic carbocycles. The smallest absolute Gasteiger partial charge is 0.320 e. The van der Waals surface area contributed by atoms with Crippen molar-refractivity contribution in [3.8, 4) is 0 Å². The molecule has 3 aliphatic heterocycles. The van der Waals surface area contributed by atoms with Crippen LogP contribution < -0.4 is 0 Å². The molecule has 1 N–H and O–H groups in total. The second-order valence-electron chi connectivity index (χ2n) is 24.1. The van der Waals surface area contributed by atoms with Crippen molar-refractivity contribution in [3.05, 3.63) is 36.5 Å². The maximum atomic E-state index is 13.5. The molecule has 11 aliphatic rings. The molecule has 12 unspecified atom stereocenters. The molecule has 2 saturated heterocycles. The molecule has 11 rings (SSSR count). The van der Waals surface area contributed by atoms with Crippen LogP contribution in [0.15, 0.2) is 36.5 Å². The molecule has 0 radical (unpaired) electrons. The molecule has 9 heteroatoms. The van der Waals surface area contributed by atoms with Gasteiger partial charge in [0.15, 0.2) is 0 Å². The van der Waals surface area contributed by atoms with Crippen LogP contribution in [-0.4, -0.2) is 95.1 Å². The summed E-state index contributed by atoms with van der Waals surface area (Å²) < 4.78 is 12.4. The predicted molar refractivity (Wildman–Crippen MR) is 244 cm³/mol. The van der Waals surface area contributed by atoms with Crippen LogP contribution >= 0.6 is 0 Å². The number of piperazine rings is 1. The maximum absolute atomic E-state index is 13.5. The fourth-order valence-corrected chi connectivity index (χ4v) is 18.0. The van der Waals surface area contributed by atoms with Crippen LogP contribution in [-0.2, 0) is 28.8 Å². The number of nitrogens with zero attached hydrogens (tertiary/aromatic N) is 2. The molecule has 8 aliphatic carbocycles. The van der Waals surface area contributed by atoms with Gasteiger partial charge in [-0.15, -0.1) is 0 Å². The molecule has 0 aromatic rings. The zero-order valence-corrected chi connectivity index (χ0v) is 39.9. The molecule has 63 heavy (non-hydrogen) atoms. The Morgan fingerprint density at radius 2 is 1.24 bits per heavy atom. The van der Waals surface area contributed by atoms with Crippen molar-refractivity contribution < 1.29 is 33.9 Å². The summed E-state index contributed by atoms with van der Waals surface area (Å²) in [6.45, 7) is 17.5. The number of aliphatic hydroxyl groups is 1. The van der Waals surface area contributed by atoms with E-state index in [0.29, 0.717) is 74.0 Å². The first kappa shape index (κ1) is 44.8. The molecule has 2 bridgehead atoms. The van der Waals surface area contributed by atoms with Crippen molar-refractivity contribution in [2.24, 2.45) is 63.1 Å². The number of rotatable bonds is 10. The average Bonchev–Trinajstić information content (AvgIpc) is 3.79. The quantitative estimate of drug-likeness (QED) is 0.131. The lowest BCUT2D eigenvalue weighted by Crippen LogP contribution is -2.73. The lowest BCUT2D eigenvalue weighted by atomic mass is 9.43. The van der Waals surface area contributed by atoms with Crippen LogP contribution in [0.4, 0.5) is 0 Å². The molecule has 9 nitrogen and oxygen atoms in total. The first-order chi connectivity index (χ1) is 30.1. The third-order valence-corrected chi connectivity index (χ3v) is 21.8. The van der Waals surface area contributed by atoms with Gasteiger partial charge in [0.2, 0.25) is 0 Å². The van der Waals surface area contributed by atoms with Crippen LogP contribution in [0.25, 0.3) is 0 Å². The Morgan fingerprint density at radius 3 is 1.87 bits per heavy atom. The second-order valence-corrected chi connectivity index (χ2v) is 24.1. The van der Waals surface area contributed by atoms with E-state index in [1.807, 2.05) is 0 Å². The topological polar surface area (TPSA) is 97.8 Å². The van der Waals surface area contributed by atoms with Gasteiger partial charge < -0.3 is 14.6 Å². The lowest BCUT2D eigenvalue weighted by molar-refractivity contribution is -0.497. The molecule has 7 saturated carbocycles. The zero-order valence-electron chi connectivity index (χ0n) is 39.9.